The predicted octanol–water partition coefficient (Wildman–Crippen LogP) is 2.33. The Balaban J connectivity index is 2.17. The number of hydrogen-bond acceptors (Lipinski definition) is 5. The number of nitrogen functional groups attached to an aromatic ring is 1. The fraction of sp³-hybridized carbons (Fsp3) is 0.133. The first-order chi connectivity index (χ1) is 10.4. The molecule has 22 heavy (non-hydrogen) atoms. The van der Waals surface area contributed by atoms with Crippen LogP contribution in [0.2, 0.25) is 0 Å². The molecule has 2 rings (SSSR count). The molecule has 0 fully saturated rings. The Morgan fingerprint density at radius 1 is 1.27 bits per heavy atom. The number of carbonyl (C=O) groups is 1. The van der Waals surface area contributed by atoms with E-state index in [1.54, 1.807) is 30.3 Å². The second kappa shape index (κ2) is 6.84. The molecule has 6 nitrogen and oxygen atoms in total. The van der Waals surface area contributed by atoms with Gasteiger partial charge in [0.25, 0.3) is 0 Å². The number of carboxylic acids is 1. The minimum Gasteiger partial charge on any atom is -0.508 e. The molecule has 1 unspecified atom stereocenters. The van der Waals surface area contributed by atoms with Crippen LogP contribution < -0.4 is 16.2 Å². The Kier molecular flexibility index (Phi) is 5.09. The van der Waals surface area contributed by atoms with Gasteiger partial charge in [-0.05, 0) is 52.4 Å². The van der Waals surface area contributed by atoms with Gasteiger partial charge in [-0.2, -0.15) is 0 Å². The van der Waals surface area contributed by atoms with E-state index in [-0.39, 0.29) is 12.2 Å². The van der Waals surface area contributed by atoms with Gasteiger partial charge in [0.2, 0.25) is 0 Å². The van der Waals surface area contributed by atoms with Gasteiger partial charge in [0.1, 0.15) is 23.3 Å². The molecular weight excluding hydrogens is 399 g/mol. The predicted molar refractivity (Wildman–Crippen MR) is 91.1 cm³/mol. The second-order valence-corrected chi connectivity index (χ2v) is 5.89. The van der Waals surface area contributed by atoms with Gasteiger partial charge in [-0.3, -0.25) is 4.79 Å². The molecule has 0 bridgehead atoms. The average Bonchev–Trinajstić information content (AvgIpc) is 2.44. The maximum absolute atomic E-state index is 10.8. The van der Waals surface area contributed by atoms with Crippen LogP contribution in [0.4, 0.5) is 5.69 Å². The number of aliphatic carboxylic acids is 1. The van der Waals surface area contributed by atoms with Gasteiger partial charge >= 0.3 is 5.97 Å². The third kappa shape index (κ3) is 4.01. The number of phenolic OH excluding ortho intramolecular Hbond substituents is 1. The topological polar surface area (TPSA) is 119 Å². The van der Waals surface area contributed by atoms with Crippen molar-refractivity contribution in [3.05, 3.63) is 45.5 Å². The smallest absolute Gasteiger partial charge is 0.320 e. The maximum atomic E-state index is 10.8. The van der Waals surface area contributed by atoms with Crippen molar-refractivity contribution < 1.29 is 19.7 Å². The van der Waals surface area contributed by atoms with Crippen LogP contribution in [-0.4, -0.2) is 22.2 Å². The number of anilines is 1. The summed E-state index contributed by atoms with van der Waals surface area (Å²) in [6, 6.07) is 8.78. The lowest BCUT2D eigenvalue weighted by Crippen LogP contribution is -2.32. The Labute approximate surface area is 140 Å². The monoisotopic (exact) mass is 414 g/mol. The van der Waals surface area contributed by atoms with Crippen molar-refractivity contribution in [3.8, 4) is 17.2 Å². The molecule has 0 aliphatic carbocycles. The van der Waals surface area contributed by atoms with Gasteiger partial charge in [0.05, 0.1) is 3.57 Å². The standard InChI is InChI=1S/C15H15IN2O4/c16-11-6-9(19)2-4-14(11)22-10-3-1-8(12(17)7-10)5-13(18)15(20)21/h1-4,6-7,13,19H,5,17-18H2,(H,20,21). The highest BCUT2D eigenvalue weighted by molar-refractivity contribution is 14.1. The summed E-state index contributed by atoms with van der Waals surface area (Å²) in [5, 5.41) is 18.2. The lowest BCUT2D eigenvalue weighted by atomic mass is 10.0. The van der Waals surface area contributed by atoms with Gasteiger partial charge in [-0.1, -0.05) is 6.07 Å². The summed E-state index contributed by atoms with van der Waals surface area (Å²) < 4.78 is 6.46. The van der Waals surface area contributed by atoms with Gasteiger partial charge < -0.3 is 26.4 Å². The van der Waals surface area contributed by atoms with E-state index in [0.717, 1.165) is 3.57 Å². The third-order valence-electron chi connectivity index (χ3n) is 3.02. The molecule has 2 aromatic carbocycles. The first kappa shape index (κ1) is 16.4. The molecule has 2 aromatic rings. The largest absolute Gasteiger partial charge is 0.508 e. The summed E-state index contributed by atoms with van der Waals surface area (Å²) in [6.07, 6.45) is 0.151. The molecule has 116 valence electrons. The zero-order valence-electron chi connectivity index (χ0n) is 11.5. The fourth-order valence-corrected chi connectivity index (χ4v) is 2.46. The number of hydrogen-bond donors (Lipinski definition) is 4. The van der Waals surface area contributed by atoms with Gasteiger partial charge in [0.15, 0.2) is 0 Å². The number of carboxylic acid groups (broad SMARTS) is 1. The molecule has 6 N–H and O–H groups in total. The second-order valence-electron chi connectivity index (χ2n) is 4.73. The van der Waals surface area contributed by atoms with Crippen molar-refractivity contribution in [1.29, 1.82) is 0 Å². The van der Waals surface area contributed by atoms with Crippen LogP contribution in [0.3, 0.4) is 0 Å². The molecule has 7 heteroatoms. The first-order valence-electron chi connectivity index (χ1n) is 6.40. The summed E-state index contributed by atoms with van der Waals surface area (Å²) in [5.41, 5.74) is 12.5. The lowest BCUT2D eigenvalue weighted by molar-refractivity contribution is -0.138. The highest BCUT2D eigenvalue weighted by Crippen LogP contribution is 2.31. The number of aromatic hydroxyl groups is 1. The number of ether oxygens (including phenoxy) is 1. The Morgan fingerprint density at radius 3 is 2.59 bits per heavy atom. The zero-order valence-corrected chi connectivity index (χ0v) is 13.6. The highest BCUT2D eigenvalue weighted by Gasteiger charge is 2.14. The van der Waals surface area contributed by atoms with E-state index in [2.05, 4.69) is 22.6 Å². The van der Waals surface area contributed by atoms with Crippen LogP contribution >= 0.6 is 22.6 Å². The Bertz CT molecular complexity index is 706. The number of phenols is 1. The molecule has 0 amide bonds. The number of benzene rings is 2. The van der Waals surface area contributed by atoms with E-state index in [1.165, 1.54) is 6.07 Å². The summed E-state index contributed by atoms with van der Waals surface area (Å²) in [7, 11) is 0. The molecule has 0 spiro atoms. The highest BCUT2D eigenvalue weighted by atomic mass is 127. The summed E-state index contributed by atoms with van der Waals surface area (Å²) in [6.45, 7) is 0. The van der Waals surface area contributed by atoms with E-state index in [1.807, 2.05) is 0 Å². The van der Waals surface area contributed by atoms with Crippen LogP contribution in [-0.2, 0) is 11.2 Å². The quantitative estimate of drug-likeness (QED) is 0.441. The zero-order chi connectivity index (χ0) is 16.3. The molecule has 0 radical (unpaired) electrons. The Hall–Kier alpha value is -2.00. The van der Waals surface area contributed by atoms with Crippen molar-refractivity contribution in [2.24, 2.45) is 5.73 Å². The third-order valence-corrected chi connectivity index (χ3v) is 3.86. The number of rotatable bonds is 5. The van der Waals surface area contributed by atoms with E-state index < -0.39 is 12.0 Å². The van der Waals surface area contributed by atoms with E-state index in [4.69, 9.17) is 21.3 Å². The molecule has 0 saturated heterocycles. The molecule has 0 aromatic heterocycles. The van der Waals surface area contributed by atoms with Crippen LogP contribution in [0.5, 0.6) is 17.2 Å². The van der Waals surface area contributed by atoms with Crippen molar-refractivity contribution in [3.63, 3.8) is 0 Å². The Morgan fingerprint density at radius 2 is 2.00 bits per heavy atom. The molecule has 0 saturated carbocycles. The van der Waals surface area contributed by atoms with Crippen molar-refractivity contribution in [1.82, 2.24) is 0 Å². The van der Waals surface area contributed by atoms with Crippen LogP contribution in [0, 0.1) is 3.57 Å². The minimum atomic E-state index is -1.07. The van der Waals surface area contributed by atoms with Crippen molar-refractivity contribution >= 4 is 34.2 Å². The first-order valence-corrected chi connectivity index (χ1v) is 7.48. The van der Waals surface area contributed by atoms with E-state index >= 15 is 0 Å². The lowest BCUT2D eigenvalue weighted by Gasteiger charge is -2.12. The van der Waals surface area contributed by atoms with Gasteiger partial charge in [-0.25, -0.2) is 0 Å². The van der Waals surface area contributed by atoms with Crippen LogP contribution in [0.15, 0.2) is 36.4 Å². The van der Waals surface area contributed by atoms with E-state index in [0.29, 0.717) is 22.7 Å². The average molecular weight is 414 g/mol. The normalized spacial score (nSPS) is 11.9. The summed E-state index contributed by atoms with van der Waals surface area (Å²) in [4.78, 5) is 10.8. The molecular formula is C15H15IN2O4. The summed E-state index contributed by atoms with van der Waals surface area (Å²) in [5.74, 6) is 0.203. The minimum absolute atomic E-state index is 0.151. The van der Waals surface area contributed by atoms with Gasteiger partial charge in [0, 0.05) is 18.2 Å². The molecule has 0 aliphatic heterocycles. The van der Waals surface area contributed by atoms with Crippen LogP contribution in [0.25, 0.3) is 0 Å². The number of nitrogens with two attached hydrogens (primary N) is 2. The van der Waals surface area contributed by atoms with Gasteiger partial charge in [-0.15, -0.1) is 0 Å². The SMILES string of the molecule is Nc1cc(Oc2ccc(O)cc2I)ccc1CC(N)C(=O)O. The molecule has 0 heterocycles. The molecule has 1 atom stereocenters. The fourth-order valence-electron chi connectivity index (χ4n) is 1.85. The van der Waals surface area contributed by atoms with E-state index in [9.17, 15) is 9.90 Å². The molecule has 0 aliphatic rings. The van der Waals surface area contributed by atoms with Crippen molar-refractivity contribution in [2.75, 3.05) is 5.73 Å². The maximum Gasteiger partial charge on any atom is 0.320 e. The van der Waals surface area contributed by atoms with Crippen LogP contribution in [0.1, 0.15) is 5.56 Å². The van der Waals surface area contributed by atoms with Crippen molar-refractivity contribution in [2.45, 2.75) is 12.5 Å². The number of halogens is 1. The summed E-state index contributed by atoms with van der Waals surface area (Å²) >= 11 is 2.05.